The second-order valence-electron chi connectivity index (χ2n) is 5.13. The summed E-state index contributed by atoms with van der Waals surface area (Å²) in [5.74, 6) is -0.371. The van der Waals surface area contributed by atoms with Crippen LogP contribution in [0.4, 0.5) is 0 Å². The topological polar surface area (TPSA) is 55.0 Å². The van der Waals surface area contributed by atoms with E-state index in [1.165, 1.54) is 23.6 Å². The summed E-state index contributed by atoms with van der Waals surface area (Å²) in [6.45, 7) is 2.08. The van der Waals surface area contributed by atoms with Crippen LogP contribution in [-0.4, -0.2) is 23.0 Å². The third kappa shape index (κ3) is 2.64. The lowest BCUT2D eigenvalue weighted by atomic mass is 10.1. The zero-order valence-electron chi connectivity index (χ0n) is 12.3. The van der Waals surface area contributed by atoms with Crippen molar-refractivity contribution in [2.24, 2.45) is 0 Å². The smallest absolute Gasteiger partial charge is 0.339 e. The zero-order valence-corrected chi connectivity index (χ0v) is 13.9. The van der Waals surface area contributed by atoms with Crippen LogP contribution in [0.3, 0.4) is 0 Å². The second-order valence-corrected chi connectivity index (χ2v) is 5.99. The molecule has 0 unspecified atom stereocenters. The first kappa shape index (κ1) is 14.8. The Hall–Kier alpha value is -2.14. The van der Waals surface area contributed by atoms with Crippen molar-refractivity contribution in [3.8, 4) is 0 Å². The summed E-state index contributed by atoms with van der Waals surface area (Å²) in [5, 5.41) is 1.18. The predicted octanol–water partition coefficient (Wildman–Crippen LogP) is 4.01. The molecule has 0 aliphatic heterocycles. The minimum atomic E-state index is -0.371. The first-order chi connectivity index (χ1) is 10.6. The van der Waals surface area contributed by atoms with Crippen LogP contribution in [0.1, 0.15) is 27.2 Å². The van der Waals surface area contributed by atoms with Crippen LogP contribution in [0.5, 0.6) is 0 Å². The molecule has 112 valence electrons. The molecule has 0 bridgehead atoms. The van der Waals surface area contributed by atoms with Crippen molar-refractivity contribution in [2.75, 3.05) is 7.11 Å². The third-order valence-electron chi connectivity index (χ3n) is 3.69. The van der Waals surface area contributed by atoms with Gasteiger partial charge in [0.05, 0.1) is 12.7 Å². The number of aromatic amines is 1. The van der Waals surface area contributed by atoms with Gasteiger partial charge in [-0.25, -0.2) is 4.79 Å². The summed E-state index contributed by atoms with van der Waals surface area (Å²) >= 11 is 3.61. The monoisotopic (exact) mass is 358 g/mol. The van der Waals surface area contributed by atoms with Crippen LogP contribution in [-0.2, 0) is 11.2 Å². The Morgan fingerprint density at radius 3 is 2.82 bits per heavy atom. The van der Waals surface area contributed by atoms with Gasteiger partial charge in [0.2, 0.25) is 0 Å². The number of hydrogen-bond acceptors (Lipinski definition) is 3. The second kappa shape index (κ2) is 5.93. The molecule has 1 aromatic carbocycles. The van der Waals surface area contributed by atoms with Crippen molar-refractivity contribution < 1.29 is 9.53 Å². The van der Waals surface area contributed by atoms with E-state index in [4.69, 9.17) is 0 Å². The Balaban J connectivity index is 1.94. The molecule has 1 N–H and O–H groups in total. The maximum absolute atomic E-state index is 11.4. The highest BCUT2D eigenvalue weighted by atomic mass is 79.9. The molecule has 0 amide bonds. The number of hydrogen-bond donors (Lipinski definition) is 1. The maximum atomic E-state index is 11.4. The van der Waals surface area contributed by atoms with Gasteiger partial charge in [-0.1, -0.05) is 22.0 Å². The average Bonchev–Trinajstić information content (AvgIpc) is 2.96. The maximum Gasteiger partial charge on any atom is 0.339 e. The average molecular weight is 359 g/mol. The number of rotatable bonds is 3. The summed E-state index contributed by atoms with van der Waals surface area (Å²) in [6.07, 6.45) is 4.26. The van der Waals surface area contributed by atoms with Gasteiger partial charge in [0.15, 0.2) is 0 Å². The number of aryl methyl sites for hydroxylation is 1. The van der Waals surface area contributed by atoms with Crippen LogP contribution in [0.25, 0.3) is 10.9 Å². The molecule has 5 heteroatoms. The summed E-state index contributed by atoms with van der Waals surface area (Å²) in [6, 6.07) is 7.73. The number of esters is 1. The van der Waals surface area contributed by atoms with Crippen LogP contribution in [0, 0.1) is 6.92 Å². The number of nitrogens with zero attached hydrogens (tertiary/aromatic N) is 1. The molecule has 4 nitrogen and oxygen atoms in total. The van der Waals surface area contributed by atoms with Gasteiger partial charge in [-0.3, -0.25) is 4.98 Å². The highest BCUT2D eigenvalue weighted by Gasteiger charge is 2.11. The molecule has 0 atom stereocenters. The molecule has 0 radical (unpaired) electrons. The molecular weight excluding hydrogens is 344 g/mol. The lowest BCUT2D eigenvalue weighted by Crippen LogP contribution is -2.02. The number of ether oxygens (including phenoxy) is 1. The Bertz CT molecular complexity index is 838. The number of carbonyl (C=O) groups excluding carboxylic acids is 1. The Kier molecular flexibility index (Phi) is 3.98. The Morgan fingerprint density at radius 1 is 1.32 bits per heavy atom. The standard InChI is InChI=1S/C17H15BrN2O2/c1-10-3-6-14(18)15-12(9-20-16(10)15)7-13-5-4-11(8-19-13)17(21)22-2/h3-6,8-9,20H,7H2,1-2H3. The fourth-order valence-electron chi connectivity index (χ4n) is 2.52. The molecule has 2 heterocycles. The third-order valence-corrected chi connectivity index (χ3v) is 4.35. The van der Waals surface area contributed by atoms with Gasteiger partial charge >= 0.3 is 5.97 Å². The molecule has 0 saturated carbocycles. The number of aromatic nitrogens is 2. The molecule has 0 spiro atoms. The number of methoxy groups -OCH3 is 1. The van der Waals surface area contributed by atoms with E-state index >= 15 is 0 Å². The van der Waals surface area contributed by atoms with E-state index in [1.807, 2.05) is 12.3 Å². The van der Waals surface area contributed by atoms with E-state index in [9.17, 15) is 4.79 Å². The molecule has 2 aromatic heterocycles. The van der Waals surface area contributed by atoms with Crippen molar-refractivity contribution in [3.05, 3.63) is 63.5 Å². The van der Waals surface area contributed by atoms with E-state index < -0.39 is 0 Å². The quantitative estimate of drug-likeness (QED) is 0.719. The highest BCUT2D eigenvalue weighted by molar-refractivity contribution is 9.10. The lowest BCUT2D eigenvalue weighted by Gasteiger charge is -2.04. The van der Waals surface area contributed by atoms with E-state index in [1.54, 1.807) is 12.3 Å². The first-order valence-electron chi connectivity index (χ1n) is 6.88. The molecule has 22 heavy (non-hydrogen) atoms. The van der Waals surface area contributed by atoms with E-state index in [-0.39, 0.29) is 5.97 Å². The molecule has 0 saturated heterocycles. The van der Waals surface area contributed by atoms with Gasteiger partial charge in [0, 0.05) is 39.9 Å². The summed E-state index contributed by atoms with van der Waals surface area (Å²) in [4.78, 5) is 19.1. The van der Waals surface area contributed by atoms with Crippen molar-refractivity contribution in [3.63, 3.8) is 0 Å². The van der Waals surface area contributed by atoms with Crippen LogP contribution in [0.15, 0.2) is 41.1 Å². The van der Waals surface area contributed by atoms with Crippen LogP contribution in [0.2, 0.25) is 0 Å². The fraction of sp³-hybridized carbons (Fsp3) is 0.176. The van der Waals surface area contributed by atoms with E-state index in [0.717, 1.165) is 15.7 Å². The highest BCUT2D eigenvalue weighted by Crippen LogP contribution is 2.30. The molecule has 0 aliphatic carbocycles. The number of carbonyl (C=O) groups is 1. The minimum absolute atomic E-state index is 0.371. The van der Waals surface area contributed by atoms with Gasteiger partial charge in [-0.15, -0.1) is 0 Å². The van der Waals surface area contributed by atoms with Gasteiger partial charge in [-0.05, 0) is 36.2 Å². The van der Waals surface area contributed by atoms with E-state index in [2.05, 4.69) is 49.7 Å². The predicted molar refractivity (Wildman–Crippen MR) is 89.1 cm³/mol. The van der Waals surface area contributed by atoms with E-state index in [0.29, 0.717) is 12.0 Å². The largest absolute Gasteiger partial charge is 0.465 e. The number of nitrogens with one attached hydrogen (secondary N) is 1. The minimum Gasteiger partial charge on any atom is -0.465 e. The Labute approximate surface area is 136 Å². The number of H-pyrrole nitrogens is 1. The summed E-state index contributed by atoms with van der Waals surface area (Å²) in [5.41, 5.74) is 4.88. The summed E-state index contributed by atoms with van der Waals surface area (Å²) < 4.78 is 5.74. The Morgan fingerprint density at radius 2 is 2.14 bits per heavy atom. The lowest BCUT2D eigenvalue weighted by molar-refractivity contribution is 0.0600. The van der Waals surface area contributed by atoms with Crippen molar-refractivity contribution in [1.82, 2.24) is 9.97 Å². The van der Waals surface area contributed by atoms with Gasteiger partial charge in [0.25, 0.3) is 0 Å². The zero-order chi connectivity index (χ0) is 15.7. The number of benzene rings is 1. The summed E-state index contributed by atoms with van der Waals surface area (Å²) in [7, 11) is 1.36. The fourth-order valence-corrected chi connectivity index (χ4v) is 3.10. The van der Waals surface area contributed by atoms with Crippen molar-refractivity contribution >= 4 is 32.8 Å². The SMILES string of the molecule is COC(=O)c1ccc(Cc2c[nH]c3c(C)ccc(Br)c23)nc1. The normalized spacial score (nSPS) is 10.9. The number of halogens is 1. The number of pyridine rings is 1. The van der Waals surface area contributed by atoms with Gasteiger partial charge in [0.1, 0.15) is 0 Å². The molecular formula is C17H15BrN2O2. The molecule has 0 fully saturated rings. The molecule has 0 aliphatic rings. The molecule has 3 aromatic rings. The molecule has 3 rings (SSSR count). The van der Waals surface area contributed by atoms with Crippen molar-refractivity contribution in [1.29, 1.82) is 0 Å². The first-order valence-corrected chi connectivity index (χ1v) is 7.67. The van der Waals surface area contributed by atoms with Crippen LogP contribution >= 0.6 is 15.9 Å². The van der Waals surface area contributed by atoms with Gasteiger partial charge < -0.3 is 9.72 Å². The van der Waals surface area contributed by atoms with Crippen molar-refractivity contribution in [2.45, 2.75) is 13.3 Å². The van der Waals surface area contributed by atoms with Gasteiger partial charge in [-0.2, -0.15) is 0 Å². The van der Waals surface area contributed by atoms with Crippen LogP contribution < -0.4 is 0 Å². The number of fused-ring (bicyclic) bond motifs is 1.